The molecule has 0 aliphatic heterocycles. The molecule has 6 heteroatoms. The smallest absolute Gasteiger partial charge is 0.246 e. The van der Waals surface area contributed by atoms with Crippen LogP contribution in [0.25, 0.3) is 22.3 Å². The van der Waals surface area contributed by atoms with Gasteiger partial charge in [0, 0.05) is 30.4 Å². The Bertz CT molecular complexity index is 1220. The Morgan fingerprint density at radius 3 is 2.52 bits per heavy atom. The lowest BCUT2D eigenvalue weighted by atomic mass is 10.1. The van der Waals surface area contributed by atoms with Gasteiger partial charge in [-0.1, -0.05) is 24.3 Å². The quantitative estimate of drug-likeness (QED) is 0.481. The molecule has 0 bridgehead atoms. The maximum atomic E-state index is 5.96. The summed E-state index contributed by atoms with van der Waals surface area (Å²) >= 11 is 0. The minimum absolute atomic E-state index is 0.429. The minimum atomic E-state index is 0.429. The van der Waals surface area contributed by atoms with Gasteiger partial charge in [0.25, 0.3) is 0 Å². The highest BCUT2D eigenvalue weighted by molar-refractivity contribution is 5.75. The molecule has 0 atom stereocenters. The Labute approximate surface area is 167 Å². The van der Waals surface area contributed by atoms with E-state index in [9.17, 15) is 0 Å². The average molecular weight is 377 g/mol. The van der Waals surface area contributed by atoms with Crippen LogP contribution in [0.2, 0.25) is 0 Å². The van der Waals surface area contributed by atoms with Crippen molar-refractivity contribution in [2.45, 2.75) is 0 Å². The van der Waals surface area contributed by atoms with Crippen molar-refractivity contribution in [1.82, 2.24) is 24.9 Å². The highest BCUT2D eigenvalue weighted by Crippen LogP contribution is 2.29. The van der Waals surface area contributed by atoms with Crippen LogP contribution in [-0.2, 0) is 0 Å². The second-order valence-electron chi connectivity index (χ2n) is 6.31. The van der Waals surface area contributed by atoms with Crippen LogP contribution in [0.1, 0.15) is 11.4 Å². The molecule has 0 spiro atoms. The highest BCUT2D eigenvalue weighted by atomic mass is 16.5. The van der Waals surface area contributed by atoms with E-state index in [4.69, 9.17) is 4.74 Å². The summed E-state index contributed by atoms with van der Waals surface area (Å²) in [7, 11) is 0. The summed E-state index contributed by atoms with van der Waals surface area (Å²) in [5.74, 6) is 1.77. The lowest BCUT2D eigenvalue weighted by Crippen LogP contribution is -1.95. The second kappa shape index (κ2) is 7.52. The fourth-order valence-corrected chi connectivity index (χ4v) is 2.97. The van der Waals surface area contributed by atoms with Crippen LogP contribution >= 0.6 is 0 Å². The number of para-hydroxylation sites is 2. The molecule has 3 heterocycles. The van der Waals surface area contributed by atoms with Gasteiger partial charge in [-0.25, -0.2) is 15.0 Å². The molecule has 6 nitrogen and oxygen atoms in total. The Hall–Kier alpha value is -4.06. The Morgan fingerprint density at radius 1 is 0.828 bits per heavy atom. The fraction of sp³-hybridized carbons (Fsp3) is 0. The number of H-pyrrole nitrogens is 1. The van der Waals surface area contributed by atoms with E-state index in [1.807, 2.05) is 60.7 Å². The molecule has 0 aliphatic rings. The molecule has 0 unspecified atom stereocenters. The second-order valence-corrected chi connectivity index (χ2v) is 6.31. The standard InChI is InChI=1S/C23H15N5O/c1-2-6-20-19(5-1)27-21(28-20)14-16-7-9-18(10-8-16)29-23-22(25-12-13-26-23)17-4-3-11-24-15-17/h1-13,15H,(H,27,28). The van der Waals surface area contributed by atoms with Crippen molar-refractivity contribution in [3.05, 3.63) is 103 Å². The zero-order valence-electron chi connectivity index (χ0n) is 15.3. The van der Waals surface area contributed by atoms with Gasteiger partial charge in [-0.15, -0.1) is 0 Å². The summed E-state index contributed by atoms with van der Waals surface area (Å²) in [5.41, 5.74) is 4.29. The number of aromatic amines is 1. The number of rotatable bonds is 5. The van der Waals surface area contributed by atoms with Crippen molar-refractivity contribution in [2.24, 2.45) is 0 Å². The van der Waals surface area contributed by atoms with Crippen molar-refractivity contribution in [1.29, 1.82) is 0 Å². The predicted octanol–water partition coefficient (Wildman–Crippen LogP) is 4.68. The van der Waals surface area contributed by atoms with E-state index in [2.05, 4.69) is 31.3 Å². The normalized spacial score (nSPS) is 10.9. The largest absolute Gasteiger partial charge is 0.437 e. The predicted molar refractivity (Wildman–Crippen MR) is 109 cm³/mol. The molecular weight excluding hydrogens is 362 g/mol. The molecule has 5 aromatic rings. The molecule has 2 radical (unpaired) electrons. The molecule has 0 saturated heterocycles. The van der Waals surface area contributed by atoms with Gasteiger partial charge in [0.2, 0.25) is 5.88 Å². The van der Waals surface area contributed by atoms with Crippen LogP contribution < -0.4 is 4.74 Å². The minimum Gasteiger partial charge on any atom is -0.437 e. The molecule has 2 aromatic carbocycles. The molecule has 0 aliphatic carbocycles. The first-order chi connectivity index (χ1) is 14.3. The number of ether oxygens (including phenoxy) is 1. The summed E-state index contributed by atoms with van der Waals surface area (Å²) in [4.78, 5) is 20.6. The van der Waals surface area contributed by atoms with E-state index < -0.39 is 0 Å². The zero-order valence-corrected chi connectivity index (χ0v) is 15.3. The van der Waals surface area contributed by atoms with Gasteiger partial charge in [-0.3, -0.25) is 4.98 Å². The summed E-state index contributed by atoms with van der Waals surface area (Å²) in [6, 6.07) is 19.2. The van der Waals surface area contributed by atoms with Crippen molar-refractivity contribution in [2.75, 3.05) is 0 Å². The molecule has 1 N–H and O–H groups in total. The number of hydrogen-bond donors (Lipinski definition) is 1. The van der Waals surface area contributed by atoms with Crippen molar-refractivity contribution >= 4 is 11.0 Å². The van der Waals surface area contributed by atoms with Gasteiger partial charge in [0.1, 0.15) is 17.3 Å². The van der Waals surface area contributed by atoms with Crippen LogP contribution in [0.5, 0.6) is 11.6 Å². The molecule has 29 heavy (non-hydrogen) atoms. The third kappa shape index (κ3) is 3.68. The van der Waals surface area contributed by atoms with Gasteiger partial charge in [0.15, 0.2) is 0 Å². The third-order valence-electron chi connectivity index (χ3n) is 4.32. The van der Waals surface area contributed by atoms with Gasteiger partial charge in [-0.2, -0.15) is 0 Å². The first kappa shape index (κ1) is 17.1. The Morgan fingerprint density at radius 2 is 1.69 bits per heavy atom. The SMILES string of the molecule is [C](c1ccc(Oc2nccnc2-c2cccnc2)cc1)c1nc2ccccc2[nH]1. The van der Waals surface area contributed by atoms with Gasteiger partial charge in [0.05, 0.1) is 17.5 Å². The number of aromatic nitrogens is 5. The van der Waals surface area contributed by atoms with Crippen LogP contribution in [0, 0.1) is 6.42 Å². The van der Waals surface area contributed by atoms with Crippen LogP contribution in [-0.4, -0.2) is 24.9 Å². The number of imidazole rings is 1. The van der Waals surface area contributed by atoms with E-state index in [0.29, 0.717) is 23.1 Å². The fourth-order valence-electron chi connectivity index (χ4n) is 2.97. The van der Waals surface area contributed by atoms with Crippen LogP contribution in [0.3, 0.4) is 0 Å². The molecule has 0 saturated carbocycles. The summed E-state index contributed by atoms with van der Waals surface area (Å²) in [5, 5.41) is 0. The van der Waals surface area contributed by atoms with Gasteiger partial charge in [-0.05, 0) is 42.0 Å². The van der Waals surface area contributed by atoms with Gasteiger partial charge < -0.3 is 9.72 Å². The lowest BCUT2D eigenvalue weighted by molar-refractivity contribution is 0.462. The summed E-state index contributed by atoms with van der Waals surface area (Å²) in [6.45, 7) is 0. The van der Waals surface area contributed by atoms with Crippen molar-refractivity contribution in [3.8, 4) is 22.9 Å². The number of fused-ring (bicyclic) bond motifs is 1. The molecule has 3 aromatic heterocycles. The first-order valence-corrected chi connectivity index (χ1v) is 9.06. The summed E-state index contributed by atoms with van der Waals surface area (Å²) in [6.07, 6.45) is 9.95. The van der Waals surface area contributed by atoms with E-state index in [-0.39, 0.29) is 0 Å². The molecular formula is C23H15N5O. The molecule has 5 rings (SSSR count). The van der Waals surface area contributed by atoms with E-state index in [1.165, 1.54) is 0 Å². The van der Waals surface area contributed by atoms with Gasteiger partial charge >= 0.3 is 0 Å². The average Bonchev–Trinajstić information content (AvgIpc) is 3.18. The van der Waals surface area contributed by atoms with E-state index >= 15 is 0 Å². The van der Waals surface area contributed by atoms with Crippen molar-refractivity contribution in [3.63, 3.8) is 0 Å². The first-order valence-electron chi connectivity index (χ1n) is 9.06. The maximum absolute atomic E-state index is 5.96. The topological polar surface area (TPSA) is 76.6 Å². The highest BCUT2D eigenvalue weighted by Gasteiger charge is 2.11. The number of nitrogens with one attached hydrogen (secondary N) is 1. The van der Waals surface area contributed by atoms with Crippen LogP contribution in [0.15, 0.2) is 85.5 Å². The molecule has 138 valence electrons. The van der Waals surface area contributed by atoms with E-state index in [0.717, 1.165) is 22.2 Å². The number of hydrogen-bond acceptors (Lipinski definition) is 5. The maximum Gasteiger partial charge on any atom is 0.246 e. The number of nitrogens with zero attached hydrogens (tertiary/aromatic N) is 4. The Balaban J connectivity index is 1.35. The number of pyridine rings is 1. The number of benzene rings is 2. The lowest BCUT2D eigenvalue weighted by Gasteiger charge is -2.09. The van der Waals surface area contributed by atoms with E-state index in [1.54, 1.807) is 24.8 Å². The van der Waals surface area contributed by atoms with Crippen LogP contribution in [0.4, 0.5) is 0 Å². The third-order valence-corrected chi connectivity index (χ3v) is 4.32. The Kier molecular flexibility index (Phi) is 4.42. The summed E-state index contributed by atoms with van der Waals surface area (Å²) < 4.78 is 5.96. The molecule has 0 fully saturated rings. The molecule has 0 amide bonds. The zero-order chi connectivity index (χ0) is 19.5. The van der Waals surface area contributed by atoms with Crippen molar-refractivity contribution < 1.29 is 4.74 Å². The monoisotopic (exact) mass is 377 g/mol.